The maximum atomic E-state index is 12.7. The maximum absolute atomic E-state index is 12.7. The van der Waals surface area contributed by atoms with Crippen LogP contribution in [0.25, 0.3) is 10.8 Å². The molecular weight excluding hydrogens is 421 g/mol. The zero-order chi connectivity index (χ0) is 16.6. The summed E-state index contributed by atoms with van der Waals surface area (Å²) in [5.41, 5.74) is 0.501. The SMILES string of the molecule is O=S(=O)(Nc1cccc2ccccc12)c1cc(Cl)c(Cl)cc1Br. The molecule has 0 spiro atoms. The summed E-state index contributed by atoms with van der Waals surface area (Å²) in [6.45, 7) is 0. The molecule has 0 fully saturated rings. The summed E-state index contributed by atoms with van der Waals surface area (Å²) in [6.07, 6.45) is 0. The summed E-state index contributed by atoms with van der Waals surface area (Å²) in [4.78, 5) is 0.0276. The van der Waals surface area contributed by atoms with Gasteiger partial charge in [-0.15, -0.1) is 0 Å². The molecule has 0 aliphatic heterocycles. The van der Waals surface area contributed by atoms with Crippen LogP contribution < -0.4 is 4.72 Å². The molecule has 1 N–H and O–H groups in total. The Labute approximate surface area is 152 Å². The molecule has 0 bridgehead atoms. The number of fused-ring (bicyclic) bond motifs is 1. The highest BCUT2D eigenvalue weighted by Gasteiger charge is 2.20. The summed E-state index contributed by atoms with van der Waals surface area (Å²) in [5.74, 6) is 0. The Bertz CT molecular complexity index is 1000. The first kappa shape index (κ1) is 16.6. The second kappa shape index (κ2) is 6.32. The van der Waals surface area contributed by atoms with Gasteiger partial charge < -0.3 is 0 Å². The van der Waals surface area contributed by atoms with E-state index in [9.17, 15) is 8.42 Å². The van der Waals surface area contributed by atoms with Gasteiger partial charge in [0.25, 0.3) is 10.0 Å². The van der Waals surface area contributed by atoms with Gasteiger partial charge in [0.2, 0.25) is 0 Å². The monoisotopic (exact) mass is 429 g/mol. The van der Waals surface area contributed by atoms with Crippen LogP contribution in [0.2, 0.25) is 10.0 Å². The van der Waals surface area contributed by atoms with Crippen molar-refractivity contribution in [3.05, 3.63) is 69.1 Å². The molecule has 23 heavy (non-hydrogen) atoms. The van der Waals surface area contributed by atoms with Crippen LogP contribution in [0.4, 0.5) is 5.69 Å². The Morgan fingerprint density at radius 2 is 1.57 bits per heavy atom. The van der Waals surface area contributed by atoms with Gasteiger partial charge in [-0.1, -0.05) is 59.6 Å². The fourth-order valence-corrected chi connectivity index (χ4v) is 4.90. The fourth-order valence-electron chi connectivity index (χ4n) is 2.22. The van der Waals surface area contributed by atoms with Gasteiger partial charge in [-0.05, 0) is 39.5 Å². The lowest BCUT2D eigenvalue weighted by molar-refractivity contribution is 0.601. The molecule has 0 unspecified atom stereocenters. The normalized spacial score (nSPS) is 11.6. The van der Waals surface area contributed by atoms with E-state index in [4.69, 9.17) is 23.2 Å². The largest absolute Gasteiger partial charge is 0.279 e. The molecule has 0 aromatic heterocycles. The predicted molar refractivity (Wildman–Crippen MR) is 98.9 cm³/mol. The third kappa shape index (κ3) is 3.33. The van der Waals surface area contributed by atoms with Crippen molar-refractivity contribution in [3.63, 3.8) is 0 Å². The Morgan fingerprint density at radius 1 is 0.913 bits per heavy atom. The second-order valence-corrected chi connectivity index (χ2v) is 8.15. The molecule has 7 heteroatoms. The van der Waals surface area contributed by atoms with Crippen LogP contribution >= 0.6 is 39.1 Å². The van der Waals surface area contributed by atoms with E-state index in [0.717, 1.165) is 10.8 Å². The Kier molecular flexibility index (Phi) is 4.56. The van der Waals surface area contributed by atoms with Gasteiger partial charge >= 0.3 is 0 Å². The van der Waals surface area contributed by atoms with E-state index in [0.29, 0.717) is 10.2 Å². The first-order valence-electron chi connectivity index (χ1n) is 6.53. The molecule has 0 atom stereocenters. The zero-order valence-electron chi connectivity index (χ0n) is 11.6. The predicted octanol–water partition coefficient (Wildman–Crippen LogP) is 5.71. The first-order valence-corrected chi connectivity index (χ1v) is 9.57. The van der Waals surface area contributed by atoms with Crippen LogP contribution in [0.1, 0.15) is 0 Å². The number of sulfonamides is 1. The number of hydrogen-bond donors (Lipinski definition) is 1. The topological polar surface area (TPSA) is 46.2 Å². The third-order valence-corrected chi connectivity index (χ3v) is 6.34. The molecule has 3 aromatic carbocycles. The van der Waals surface area contributed by atoms with Gasteiger partial charge in [-0.3, -0.25) is 4.72 Å². The van der Waals surface area contributed by atoms with E-state index in [2.05, 4.69) is 20.7 Å². The lowest BCUT2D eigenvalue weighted by Gasteiger charge is -2.12. The van der Waals surface area contributed by atoms with Crippen LogP contribution in [-0.2, 0) is 10.0 Å². The van der Waals surface area contributed by atoms with E-state index in [1.54, 1.807) is 12.1 Å². The van der Waals surface area contributed by atoms with Crippen molar-refractivity contribution in [1.29, 1.82) is 0 Å². The smallest absolute Gasteiger partial charge is 0.263 e. The summed E-state index contributed by atoms with van der Waals surface area (Å²) in [7, 11) is -3.81. The average molecular weight is 431 g/mol. The Morgan fingerprint density at radius 3 is 2.35 bits per heavy atom. The molecule has 3 aromatic rings. The van der Waals surface area contributed by atoms with Gasteiger partial charge in [-0.25, -0.2) is 8.42 Å². The quantitative estimate of drug-likeness (QED) is 0.541. The summed E-state index contributed by atoms with van der Waals surface area (Å²) in [5, 5.41) is 2.21. The molecule has 0 aliphatic rings. The van der Waals surface area contributed by atoms with Crippen molar-refractivity contribution in [3.8, 4) is 0 Å². The third-order valence-electron chi connectivity index (χ3n) is 3.30. The molecule has 118 valence electrons. The molecule has 0 aliphatic carbocycles. The highest BCUT2D eigenvalue weighted by molar-refractivity contribution is 9.10. The van der Waals surface area contributed by atoms with Crippen molar-refractivity contribution in [2.75, 3.05) is 4.72 Å². The minimum atomic E-state index is -3.81. The molecular formula is C16H10BrCl2NO2S. The molecule has 0 saturated heterocycles. The highest BCUT2D eigenvalue weighted by atomic mass is 79.9. The summed E-state index contributed by atoms with van der Waals surface area (Å²) >= 11 is 15.1. The second-order valence-electron chi connectivity index (χ2n) is 4.83. The first-order chi connectivity index (χ1) is 10.9. The molecule has 3 rings (SSSR count). The van der Waals surface area contributed by atoms with Crippen molar-refractivity contribution in [1.82, 2.24) is 0 Å². The average Bonchev–Trinajstić information content (AvgIpc) is 2.51. The van der Waals surface area contributed by atoms with E-state index in [1.165, 1.54) is 12.1 Å². The number of benzene rings is 3. The molecule has 0 saturated carbocycles. The van der Waals surface area contributed by atoms with Gasteiger partial charge in [-0.2, -0.15) is 0 Å². The minimum absolute atomic E-state index is 0.0276. The number of nitrogens with one attached hydrogen (secondary N) is 1. The van der Waals surface area contributed by atoms with E-state index < -0.39 is 10.0 Å². The maximum Gasteiger partial charge on any atom is 0.263 e. The van der Waals surface area contributed by atoms with E-state index in [-0.39, 0.29) is 14.9 Å². The van der Waals surface area contributed by atoms with Crippen molar-refractivity contribution < 1.29 is 8.42 Å². The molecule has 0 amide bonds. The molecule has 3 nitrogen and oxygen atoms in total. The standard InChI is InChI=1S/C16H10BrCl2NO2S/c17-12-8-13(18)14(19)9-16(12)23(21,22)20-15-7-3-5-10-4-1-2-6-11(10)15/h1-9,20H. The van der Waals surface area contributed by atoms with Crippen LogP contribution in [0.5, 0.6) is 0 Å². The van der Waals surface area contributed by atoms with Crippen LogP contribution in [0.15, 0.2) is 64.0 Å². The highest BCUT2D eigenvalue weighted by Crippen LogP contribution is 2.33. The van der Waals surface area contributed by atoms with E-state index in [1.807, 2.05) is 30.3 Å². The van der Waals surface area contributed by atoms with E-state index >= 15 is 0 Å². The van der Waals surface area contributed by atoms with Gasteiger partial charge in [0.15, 0.2) is 0 Å². The van der Waals surface area contributed by atoms with Crippen molar-refractivity contribution >= 4 is 65.6 Å². The van der Waals surface area contributed by atoms with Crippen LogP contribution in [0.3, 0.4) is 0 Å². The zero-order valence-corrected chi connectivity index (χ0v) is 15.5. The van der Waals surface area contributed by atoms with Crippen LogP contribution in [0, 0.1) is 0 Å². The minimum Gasteiger partial charge on any atom is -0.279 e. The number of anilines is 1. The molecule has 0 heterocycles. The van der Waals surface area contributed by atoms with Crippen molar-refractivity contribution in [2.45, 2.75) is 4.90 Å². The van der Waals surface area contributed by atoms with Crippen LogP contribution in [-0.4, -0.2) is 8.42 Å². The van der Waals surface area contributed by atoms with Crippen molar-refractivity contribution in [2.24, 2.45) is 0 Å². The van der Waals surface area contributed by atoms with Gasteiger partial charge in [0.1, 0.15) is 4.90 Å². The Balaban J connectivity index is 2.09. The fraction of sp³-hybridized carbons (Fsp3) is 0. The molecule has 0 radical (unpaired) electrons. The Hall–Kier alpha value is -1.27. The van der Waals surface area contributed by atoms with Gasteiger partial charge in [0, 0.05) is 9.86 Å². The number of hydrogen-bond acceptors (Lipinski definition) is 2. The van der Waals surface area contributed by atoms with Gasteiger partial charge in [0.05, 0.1) is 15.7 Å². The number of halogens is 3. The lowest BCUT2D eigenvalue weighted by atomic mass is 10.1. The summed E-state index contributed by atoms with van der Waals surface area (Å²) < 4.78 is 28.3. The summed E-state index contributed by atoms with van der Waals surface area (Å²) in [6, 6.07) is 15.7. The number of rotatable bonds is 3. The lowest BCUT2D eigenvalue weighted by Crippen LogP contribution is -2.14.